The van der Waals surface area contributed by atoms with E-state index < -0.39 is 0 Å². The summed E-state index contributed by atoms with van der Waals surface area (Å²) in [5, 5.41) is 0. The molecule has 0 aliphatic heterocycles. The van der Waals surface area contributed by atoms with Gasteiger partial charge >= 0.3 is 0 Å². The summed E-state index contributed by atoms with van der Waals surface area (Å²) in [7, 11) is 0. The highest BCUT2D eigenvalue weighted by molar-refractivity contribution is 6.17. The number of aromatic nitrogens is 1. The molecular weight excluding hydrogens is 280 g/mol. The van der Waals surface area contributed by atoms with Crippen LogP contribution in [0.1, 0.15) is 43.5 Å². The van der Waals surface area contributed by atoms with Crippen molar-refractivity contribution in [2.75, 3.05) is 11.4 Å². The molecule has 0 aliphatic carbocycles. The van der Waals surface area contributed by atoms with Crippen LogP contribution in [0.4, 0.5) is 5.82 Å². The zero-order chi connectivity index (χ0) is 15.2. The van der Waals surface area contributed by atoms with Gasteiger partial charge in [0.25, 0.3) is 0 Å². The van der Waals surface area contributed by atoms with E-state index in [0.717, 1.165) is 30.2 Å². The number of hydrogen-bond acceptors (Lipinski definition) is 2. The van der Waals surface area contributed by atoms with E-state index in [1.54, 1.807) is 0 Å². The number of anilines is 1. The average Bonchev–Trinajstić information content (AvgIpc) is 2.53. The summed E-state index contributed by atoms with van der Waals surface area (Å²) < 4.78 is 0. The lowest BCUT2D eigenvalue weighted by Crippen LogP contribution is -2.23. The number of pyridine rings is 1. The average molecular weight is 303 g/mol. The molecule has 0 amide bonds. The van der Waals surface area contributed by atoms with Crippen molar-refractivity contribution in [3.8, 4) is 0 Å². The number of hydrogen-bond donors (Lipinski definition) is 0. The molecule has 0 spiro atoms. The second kappa shape index (κ2) is 7.46. The molecule has 0 bridgehead atoms. The van der Waals surface area contributed by atoms with Gasteiger partial charge in [-0.3, -0.25) is 0 Å². The van der Waals surface area contributed by atoms with Crippen LogP contribution in [0.5, 0.6) is 0 Å². The lowest BCUT2D eigenvalue weighted by Gasteiger charge is -2.24. The van der Waals surface area contributed by atoms with E-state index >= 15 is 0 Å². The number of nitrogens with zero attached hydrogens (tertiary/aromatic N) is 2. The van der Waals surface area contributed by atoms with Crippen LogP contribution in [-0.4, -0.2) is 11.5 Å². The SMILES string of the molecule is CCN(Cc1ccccc1)c1cc(CCl)cc(C(C)C)n1. The Kier molecular flexibility index (Phi) is 5.63. The fraction of sp³-hybridized carbons (Fsp3) is 0.389. The van der Waals surface area contributed by atoms with Gasteiger partial charge in [0.1, 0.15) is 5.82 Å². The molecule has 1 aromatic carbocycles. The monoisotopic (exact) mass is 302 g/mol. The molecule has 0 N–H and O–H groups in total. The van der Waals surface area contributed by atoms with Crippen LogP contribution >= 0.6 is 11.6 Å². The Morgan fingerprint density at radius 3 is 2.38 bits per heavy atom. The van der Waals surface area contributed by atoms with E-state index in [1.165, 1.54) is 5.56 Å². The highest BCUT2D eigenvalue weighted by Gasteiger charge is 2.11. The fourth-order valence-electron chi connectivity index (χ4n) is 2.29. The van der Waals surface area contributed by atoms with Crippen LogP contribution in [0.25, 0.3) is 0 Å². The van der Waals surface area contributed by atoms with E-state index in [0.29, 0.717) is 11.8 Å². The van der Waals surface area contributed by atoms with Gasteiger partial charge in [-0.1, -0.05) is 44.2 Å². The number of halogens is 1. The predicted molar refractivity (Wildman–Crippen MR) is 91.0 cm³/mol. The molecule has 0 atom stereocenters. The zero-order valence-electron chi connectivity index (χ0n) is 13.0. The third kappa shape index (κ3) is 4.21. The lowest BCUT2D eigenvalue weighted by atomic mass is 10.1. The Labute approximate surface area is 132 Å². The Morgan fingerprint density at radius 1 is 1.10 bits per heavy atom. The molecule has 0 saturated heterocycles. The van der Waals surface area contributed by atoms with Crippen LogP contribution in [0.3, 0.4) is 0 Å². The molecule has 21 heavy (non-hydrogen) atoms. The van der Waals surface area contributed by atoms with Crippen molar-refractivity contribution in [1.29, 1.82) is 0 Å². The quantitative estimate of drug-likeness (QED) is 0.700. The second-order valence-electron chi connectivity index (χ2n) is 5.55. The zero-order valence-corrected chi connectivity index (χ0v) is 13.8. The molecule has 0 unspecified atom stereocenters. The van der Waals surface area contributed by atoms with Crippen molar-refractivity contribution in [3.05, 3.63) is 59.3 Å². The van der Waals surface area contributed by atoms with Crippen molar-refractivity contribution >= 4 is 17.4 Å². The first kappa shape index (κ1) is 15.8. The van der Waals surface area contributed by atoms with Gasteiger partial charge < -0.3 is 4.90 Å². The number of rotatable bonds is 6. The molecule has 112 valence electrons. The summed E-state index contributed by atoms with van der Waals surface area (Å²) in [5.41, 5.74) is 3.54. The minimum absolute atomic E-state index is 0.405. The minimum Gasteiger partial charge on any atom is -0.353 e. The third-order valence-electron chi connectivity index (χ3n) is 3.56. The molecule has 0 saturated carbocycles. The first-order valence-electron chi connectivity index (χ1n) is 7.49. The van der Waals surface area contributed by atoms with E-state index in [2.05, 4.69) is 62.1 Å². The lowest BCUT2D eigenvalue weighted by molar-refractivity contribution is 0.777. The topological polar surface area (TPSA) is 16.1 Å². The van der Waals surface area contributed by atoms with Gasteiger partial charge in [0.2, 0.25) is 0 Å². The second-order valence-corrected chi connectivity index (χ2v) is 5.81. The van der Waals surface area contributed by atoms with Crippen molar-refractivity contribution in [3.63, 3.8) is 0 Å². The largest absolute Gasteiger partial charge is 0.353 e. The molecule has 2 aromatic rings. The molecule has 0 aliphatic rings. The van der Waals surface area contributed by atoms with Gasteiger partial charge in [0.05, 0.1) is 0 Å². The molecule has 0 fully saturated rings. The number of benzene rings is 1. The maximum atomic E-state index is 6.04. The highest BCUT2D eigenvalue weighted by Crippen LogP contribution is 2.22. The molecule has 3 heteroatoms. The first-order chi connectivity index (χ1) is 10.1. The molecule has 1 heterocycles. The van der Waals surface area contributed by atoms with Crippen molar-refractivity contribution in [2.45, 2.75) is 39.1 Å². The summed E-state index contributed by atoms with van der Waals surface area (Å²) in [6.07, 6.45) is 0. The summed E-state index contributed by atoms with van der Waals surface area (Å²) in [5.74, 6) is 1.95. The summed E-state index contributed by atoms with van der Waals surface area (Å²) >= 11 is 6.04. The summed E-state index contributed by atoms with van der Waals surface area (Å²) in [4.78, 5) is 7.10. The van der Waals surface area contributed by atoms with Crippen molar-refractivity contribution in [2.24, 2.45) is 0 Å². The normalized spacial score (nSPS) is 10.9. The van der Waals surface area contributed by atoms with Crippen molar-refractivity contribution in [1.82, 2.24) is 4.98 Å². The molecule has 2 rings (SSSR count). The standard InChI is InChI=1S/C18H23ClN2/c1-4-21(13-15-8-6-5-7-9-15)18-11-16(12-19)10-17(20-18)14(2)3/h5-11,14H,4,12-13H2,1-3H3. The molecule has 1 aromatic heterocycles. The van der Waals surface area contributed by atoms with Gasteiger partial charge in [0.15, 0.2) is 0 Å². The Hall–Kier alpha value is -1.54. The molecular formula is C18H23ClN2. The number of alkyl halides is 1. The smallest absolute Gasteiger partial charge is 0.129 e. The van der Waals surface area contributed by atoms with E-state index in [-0.39, 0.29) is 0 Å². The van der Waals surface area contributed by atoms with Crippen LogP contribution in [0.2, 0.25) is 0 Å². The maximum Gasteiger partial charge on any atom is 0.129 e. The summed E-state index contributed by atoms with van der Waals surface area (Å²) in [6.45, 7) is 8.28. The van der Waals surface area contributed by atoms with Crippen LogP contribution in [0.15, 0.2) is 42.5 Å². The third-order valence-corrected chi connectivity index (χ3v) is 3.87. The molecule has 2 nitrogen and oxygen atoms in total. The Bertz CT molecular complexity index is 567. The Balaban J connectivity index is 2.30. The van der Waals surface area contributed by atoms with Crippen LogP contribution in [0, 0.1) is 0 Å². The van der Waals surface area contributed by atoms with E-state index in [4.69, 9.17) is 16.6 Å². The van der Waals surface area contributed by atoms with Gasteiger partial charge in [-0.15, -0.1) is 11.6 Å². The molecule has 0 radical (unpaired) electrons. The van der Waals surface area contributed by atoms with E-state index in [1.807, 2.05) is 6.07 Å². The van der Waals surface area contributed by atoms with Gasteiger partial charge in [0, 0.05) is 24.7 Å². The van der Waals surface area contributed by atoms with Crippen LogP contribution in [-0.2, 0) is 12.4 Å². The fourth-order valence-corrected chi connectivity index (χ4v) is 2.44. The Morgan fingerprint density at radius 2 is 1.81 bits per heavy atom. The van der Waals surface area contributed by atoms with Crippen LogP contribution < -0.4 is 4.90 Å². The van der Waals surface area contributed by atoms with Crippen molar-refractivity contribution < 1.29 is 0 Å². The van der Waals surface area contributed by atoms with Gasteiger partial charge in [-0.05, 0) is 36.1 Å². The van der Waals surface area contributed by atoms with Gasteiger partial charge in [-0.2, -0.15) is 0 Å². The predicted octanol–water partition coefficient (Wildman–Crippen LogP) is 4.97. The van der Waals surface area contributed by atoms with Gasteiger partial charge in [-0.25, -0.2) is 4.98 Å². The first-order valence-corrected chi connectivity index (χ1v) is 8.03. The van der Waals surface area contributed by atoms with E-state index in [9.17, 15) is 0 Å². The maximum absolute atomic E-state index is 6.04. The summed E-state index contributed by atoms with van der Waals surface area (Å²) in [6, 6.07) is 14.7. The minimum atomic E-state index is 0.405. The highest BCUT2D eigenvalue weighted by atomic mass is 35.5.